The lowest BCUT2D eigenvalue weighted by molar-refractivity contribution is 0.354. The minimum Gasteiger partial charge on any atom is -0.0654 e. The number of unbranched alkanes of at least 4 members (excludes halogenated alkanes) is 6. The predicted octanol–water partition coefficient (Wildman–Crippen LogP) is 35.0. The van der Waals surface area contributed by atoms with Gasteiger partial charge in [0.2, 0.25) is 0 Å². The SMILES string of the molecule is CCC(C)c1cc(C)c(C(C)CC)cc1C.CCCCCCc1cc(C)c(CCCCCC)cc1C.Cc1cc(C2CCCCC2)c(C)cc1C1CCCCC1.Cc1cc(CC(C)C)c(C)cc1CC(C)C.Cc1cc(CC2CCCCC2)c(C)cc1CC1CCCCC1.Cc1cc(CCC(C)C)c(C)cc1CCC(C)C. The van der Waals surface area contributed by atoms with Crippen LogP contribution in [0.2, 0.25) is 0 Å². The van der Waals surface area contributed by atoms with Crippen LogP contribution < -0.4 is 0 Å². The lowest BCUT2D eigenvalue weighted by Gasteiger charge is -2.28. The average Bonchev–Trinajstić information content (AvgIpc) is 0.812. The number of benzene rings is 6. The van der Waals surface area contributed by atoms with Crippen molar-refractivity contribution in [2.75, 3.05) is 0 Å². The molecule has 2 atom stereocenters. The van der Waals surface area contributed by atoms with Crippen molar-refractivity contribution < 1.29 is 0 Å². The molecule has 0 nitrogen and oxygen atoms in total. The summed E-state index contributed by atoms with van der Waals surface area (Å²) in [7, 11) is 0. The Morgan fingerprint density at radius 3 is 0.804 bits per heavy atom. The minimum absolute atomic E-state index is 0.685. The molecule has 4 saturated carbocycles. The van der Waals surface area contributed by atoms with Gasteiger partial charge in [0.25, 0.3) is 0 Å². The Kier molecular flexibility index (Phi) is 46.2. The van der Waals surface area contributed by atoms with E-state index in [1.807, 2.05) is 0 Å². The fourth-order valence-corrected chi connectivity index (χ4v) is 19.3. The van der Waals surface area contributed by atoms with Crippen molar-refractivity contribution in [2.45, 2.75) is 461 Å². The van der Waals surface area contributed by atoms with Gasteiger partial charge in [-0.2, -0.15) is 0 Å². The van der Waals surface area contributed by atoms with Crippen molar-refractivity contribution in [3.63, 3.8) is 0 Å². The summed E-state index contributed by atoms with van der Waals surface area (Å²) in [6.07, 6.45) is 55.0. The highest BCUT2D eigenvalue weighted by Gasteiger charge is 2.24. The number of aryl methyl sites for hydroxylation is 16. The topological polar surface area (TPSA) is 0 Å². The van der Waals surface area contributed by atoms with Gasteiger partial charge in [-0.1, -0.05) is 311 Å². The van der Waals surface area contributed by atoms with Gasteiger partial charge in [-0.3, -0.25) is 0 Å². The van der Waals surface area contributed by atoms with Crippen LogP contribution in [0.3, 0.4) is 0 Å². The molecule has 0 heterocycles. The molecule has 0 bridgehead atoms. The summed E-state index contributed by atoms with van der Waals surface area (Å²) in [4.78, 5) is 0. The van der Waals surface area contributed by atoms with Crippen LogP contribution in [0.1, 0.15) is 460 Å². The quantitative estimate of drug-likeness (QED) is 0.0394. The molecule has 6 aromatic carbocycles. The smallest absolute Gasteiger partial charge is 0.0159 e. The van der Waals surface area contributed by atoms with Crippen molar-refractivity contribution in [3.8, 4) is 0 Å². The molecule has 0 aliphatic heterocycles. The first-order valence-electron chi connectivity index (χ1n) is 48.0. The molecule has 0 spiro atoms. The summed E-state index contributed by atoms with van der Waals surface area (Å²) >= 11 is 0. The standard InChI is InChI=1S/C22H34.C20H30.C20H34.C18H30.2C16H26/c1-17-13-22(16-20-11-7-4-8-12-20)18(2)14-21(17)15-19-9-5-3-6-10-19;1-15-13-20(18-11-7-4-8-12-18)16(2)14-19(15)17-9-5-3-6-10-17;1-5-7-9-11-13-19-15-18(4)20(16-17(19)3)14-12-10-8-6-2;1-13(2)7-9-17-11-16(6)18(12-15(17)5)10-8-14(3)4;1-11(2)7-15-9-14(6)16(8-12(3)4)10-13(15)5;1-7-11(3)15-9-14(6)16(10-13(15)5)12(4)8-2/h13-14,19-20H,3-12,15-16H2,1-2H3;13-14,17-18H,3-12H2,1-2H3;15-16H,5-14H2,1-4H3;11-14H,7-10H2,1-6H3;2*9-12H,7-8H2,1-6H3. The summed E-state index contributed by atoms with van der Waals surface area (Å²) in [6, 6.07) is 29.5. The van der Waals surface area contributed by atoms with Crippen LogP contribution >= 0.6 is 0 Å². The molecule has 0 aromatic heterocycles. The van der Waals surface area contributed by atoms with Crippen LogP contribution in [-0.4, -0.2) is 0 Å². The first-order chi connectivity index (χ1) is 53.5. The van der Waals surface area contributed by atoms with Gasteiger partial charge < -0.3 is 0 Å². The second-order valence-corrected chi connectivity index (χ2v) is 39.3. The van der Waals surface area contributed by atoms with Crippen LogP contribution in [0.25, 0.3) is 0 Å². The Morgan fingerprint density at radius 1 is 0.250 bits per heavy atom. The summed E-state index contributed by atoms with van der Waals surface area (Å²) < 4.78 is 0. The van der Waals surface area contributed by atoms with Gasteiger partial charge >= 0.3 is 0 Å². The monoisotopic (exact) mass is 1530 g/mol. The molecule has 6 aromatic rings. The number of hydrogen-bond donors (Lipinski definition) is 0. The Morgan fingerprint density at radius 2 is 0.518 bits per heavy atom. The van der Waals surface area contributed by atoms with E-state index in [2.05, 4.69) is 253 Å². The van der Waals surface area contributed by atoms with Crippen molar-refractivity contribution in [1.82, 2.24) is 0 Å². The van der Waals surface area contributed by atoms with E-state index in [4.69, 9.17) is 0 Å². The first kappa shape index (κ1) is 97.9. The first-order valence-corrected chi connectivity index (χ1v) is 48.0. The van der Waals surface area contributed by atoms with E-state index in [-0.39, 0.29) is 0 Å². The lowest BCUT2D eigenvalue weighted by atomic mass is 9.77. The largest absolute Gasteiger partial charge is 0.0654 e. The van der Waals surface area contributed by atoms with Crippen LogP contribution in [-0.2, 0) is 51.4 Å². The molecule has 112 heavy (non-hydrogen) atoms. The molecular formula is C112H180. The second-order valence-electron chi connectivity index (χ2n) is 39.3. The van der Waals surface area contributed by atoms with Crippen LogP contribution in [0, 0.1) is 119 Å². The Hall–Kier alpha value is -4.68. The molecule has 2 unspecified atom stereocenters. The molecule has 4 aliphatic carbocycles. The average molecular weight is 1530 g/mol. The summed E-state index contributed by atoms with van der Waals surface area (Å²) in [5, 5.41) is 0. The van der Waals surface area contributed by atoms with Gasteiger partial charge in [0.1, 0.15) is 0 Å². The number of hydrogen-bond acceptors (Lipinski definition) is 0. The van der Waals surface area contributed by atoms with Crippen molar-refractivity contribution in [3.05, 3.63) is 206 Å². The number of rotatable bonds is 30. The van der Waals surface area contributed by atoms with Gasteiger partial charge in [0.15, 0.2) is 0 Å². The van der Waals surface area contributed by atoms with Crippen molar-refractivity contribution >= 4 is 0 Å². The van der Waals surface area contributed by atoms with Gasteiger partial charge in [-0.25, -0.2) is 0 Å². The molecule has 0 heteroatoms. The molecule has 628 valence electrons. The predicted molar refractivity (Wildman–Crippen MR) is 504 cm³/mol. The zero-order valence-corrected chi connectivity index (χ0v) is 79.0. The van der Waals surface area contributed by atoms with Crippen LogP contribution in [0.15, 0.2) is 72.8 Å². The molecule has 4 fully saturated rings. The molecular weight excluding hydrogens is 1350 g/mol. The second kappa shape index (κ2) is 52.9. The normalized spacial score (nSPS) is 15.7. The lowest BCUT2D eigenvalue weighted by Crippen LogP contribution is -2.12. The fourth-order valence-electron chi connectivity index (χ4n) is 19.3. The third-order valence-electron chi connectivity index (χ3n) is 27.2. The summed E-state index contributed by atoms with van der Waals surface area (Å²) in [5.41, 5.74) is 37.1. The molecule has 4 aliphatic rings. The Bertz CT molecular complexity index is 3340. The zero-order valence-electron chi connectivity index (χ0n) is 79.0. The maximum Gasteiger partial charge on any atom is -0.0159 e. The third-order valence-corrected chi connectivity index (χ3v) is 27.2. The van der Waals surface area contributed by atoms with Gasteiger partial charge in [-0.05, 0) is 391 Å². The van der Waals surface area contributed by atoms with E-state index in [1.165, 1.54) is 324 Å². The van der Waals surface area contributed by atoms with Crippen LogP contribution in [0.4, 0.5) is 0 Å². The van der Waals surface area contributed by atoms with Crippen LogP contribution in [0.5, 0.6) is 0 Å². The minimum atomic E-state index is 0.685. The van der Waals surface area contributed by atoms with E-state index < -0.39 is 0 Å². The van der Waals surface area contributed by atoms with E-state index >= 15 is 0 Å². The van der Waals surface area contributed by atoms with Gasteiger partial charge in [-0.15, -0.1) is 0 Å². The summed E-state index contributed by atoms with van der Waals surface area (Å²) in [6.45, 7) is 59.7. The van der Waals surface area contributed by atoms with E-state index in [0.29, 0.717) is 11.8 Å². The van der Waals surface area contributed by atoms with E-state index in [1.54, 1.807) is 66.8 Å². The highest BCUT2D eigenvalue weighted by atomic mass is 14.3. The maximum atomic E-state index is 2.55. The van der Waals surface area contributed by atoms with Gasteiger partial charge in [0.05, 0.1) is 0 Å². The molecule has 10 rings (SSSR count). The van der Waals surface area contributed by atoms with Gasteiger partial charge in [0, 0.05) is 0 Å². The maximum absolute atomic E-state index is 2.55. The fraction of sp³-hybridized carbons (Fsp3) is 0.679. The Labute approximate surface area is 697 Å². The van der Waals surface area contributed by atoms with Crippen molar-refractivity contribution in [1.29, 1.82) is 0 Å². The van der Waals surface area contributed by atoms with E-state index in [0.717, 1.165) is 47.3 Å². The Balaban J connectivity index is 0.000000241. The highest BCUT2D eigenvalue weighted by molar-refractivity contribution is 5.44. The molecule has 0 N–H and O–H groups in total. The summed E-state index contributed by atoms with van der Waals surface area (Å²) in [5.74, 6) is 8.06. The zero-order chi connectivity index (χ0) is 82.4. The molecule has 0 radical (unpaired) electrons. The van der Waals surface area contributed by atoms with Crippen molar-refractivity contribution in [2.24, 2.45) is 35.5 Å². The molecule has 0 amide bonds. The van der Waals surface area contributed by atoms with E-state index in [9.17, 15) is 0 Å². The highest BCUT2D eigenvalue weighted by Crippen LogP contribution is 2.41. The third kappa shape index (κ3) is 34.9. The molecule has 0 saturated heterocycles.